The Balaban J connectivity index is 1.11. The number of unbranched alkanes of at least 4 members (excludes halogenated alkanes) is 32. The first-order valence-electron chi connectivity index (χ1n) is 44.5. The molecule has 0 aromatic heterocycles. The largest absolute Gasteiger partial charge is 0.450 e. The van der Waals surface area contributed by atoms with Crippen LogP contribution in [0.3, 0.4) is 0 Å². The van der Waals surface area contributed by atoms with Crippen molar-refractivity contribution in [2.45, 2.75) is 333 Å². The van der Waals surface area contributed by atoms with Gasteiger partial charge in [0.05, 0.1) is 0 Å². The highest BCUT2D eigenvalue weighted by atomic mass is 79.9. The highest BCUT2D eigenvalue weighted by Crippen LogP contribution is 2.59. The molecule has 8 nitrogen and oxygen atoms in total. The van der Waals surface area contributed by atoms with E-state index in [2.05, 4.69) is 276 Å². The number of rotatable bonds is 44. The SMILES string of the molecule is CCCCCCCCCCCC1c2cc3c4cc2OC(c2cc(Br)cc(Br)c2)Oc2cc5c(cc21)C(CCCCCCCCCCC)c1cc2c(cc1OC(c1cc(Br)cc(Br)c1)O5)OC(c1cc(Br)cc(Br)c1)Oc1cc(c(cc1C2CCCCCCCCCCC)C3CCCCCCCCCCC)OC(c1cc(Br)cc(Br)c1)O4. The fraction of sp³-hybridized carbons (Fsp3) is 0.520. The van der Waals surface area contributed by atoms with Crippen LogP contribution >= 0.6 is 127 Å². The van der Waals surface area contributed by atoms with E-state index in [1.165, 1.54) is 180 Å². The predicted octanol–water partition coefficient (Wildman–Crippen LogP) is 36.2. The fourth-order valence-corrected chi connectivity index (χ4v) is 23.7. The van der Waals surface area contributed by atoms with Gasteiger partial charge in [-0.3, -0.25) is 0 Å². The summed E-state index contributed by atoms with van der Waals surface area (Å²) in [5.41, 5.74) is 12.3. The second-order valence-electron chi connectivity index (χ2n) is 33.5. The summed E-state index contributed by atoms with van der Waals surface area (Å²) in [6, 6.07) is 44.3. The average Bonchev–Trinajstić information content (AvgIpc) is 0.728. The van der Waals surface area contributed by atoms with E-state index in [0.29, 0.717) is 0 Å². The molecule has 0 N–H and O–H groups in total. The normalized spacial score (nSPS) is 18.7. The molecule has 0 unspecified atom stereocenters. The molecule has 0 saturated carbocycles. The second-order valence-corrected chi connectivity index (χ2v) is 40.8. The predicted molar refractivity (Wildman–Crippen MR) is 504 cm³/mol. The van der Waals surface area contributed by atoms with Gasteiger partial charge in [-0.15, -0.1) is 0 Å². The Kier molecular flexibility index (Phi) is 35.1. The number of benzene rings is 8. The zero-order valence-corrected chi connectivity index (χ0v) is 81.4. The molecule has 8 aromatic carbocycles. The molecule has 1 aliphatic carbocycles. The molecule has 4 heterocycles. The minimum atomic E-state index is -0.936. The number of halogens is 8. The third-order valence-corrected chi connectivity index (χ3v) is 28.1. The standard InChI is InChI=1S/C100H120Br8O8/c1-5-9-13-17-21-25-29-33-37-41-77-81-57-83-78(42-38-34-30-26-22-18-14-10-6-2)85-59-87-80(44-40-36-32-28-24-20-16-12-8-4)88-60-86-79(43-39-35-31-27-23-19-15-11-7-3)84-58-82(77)90-62-92(84)112-99(67-49-73(105)55-74(106)50-67)114-94(86)64-96(88)116-100(68-51-75(107)56-76(108)52-68)115-95(87)63-93(85)113-98(66-47-71(103)54-72(104)48-66)111-91(83)61-89(81)109-97(110-90)65-45-69(101)53-70(102)46-65/h45-64,77-80,97-100H,5-44H2,1-4H3. The maximum absolute atomic E-state index is 7.80. The smallest absolute Gasteiger partial charge is 0.267 e. The van der Waals surface area contributed by atoms with Crippen molar-refractivity contribution >= 4 is 127 Å². The first-order valence-corrected chi connectivity index (χ1v) is 50.8. The first-order chi connectivity index (χ1) is 56.6. The maximum Gasteiger partial charge on any atom is 0.267 e. The van der Waals surface area contributed by atoms with Gasteiger partial charge in [0.15, 0.2) is 0 Å². The van der Waals surface area contributed by atoms with Gasteiger partial charge in [-0.2, -0.15) is 0 Å². The summed E-state index contributed by atoms with van der Waals surface area (Å²) in [7, 11) is 0. The van der Waals surface area contributed by atoms with Crippen LogP contribution < -0.4 is 37.9 Å². The molecular weight excluding hydrogens is 1970 g/mol. The molecule has 8 aromatic rings. The third-order valence-electron chi connectivity index (χ3n) is 24.5. The van der Waals surface area contributed by atoms with Crippen molar-refractivity contribution in [3.05, 3.63) is 224 Å². The zero-order valence-electron chi connectivity index (χ0n) is 68.7. The van der Waals surface area contributed by atoms with Crippen molar-refractivity contribution < 1.29 is 37.9 Å². The van der Waals surface area contributed by atoms with Crippen molar-refractivity contribution in [3.63, 3.8) is 0 Å². The Morgan fingerprint density at radius 2 is 0.310 bits per heavy atom. The minimum Gasteiger partial charge on any atom is -0.450 e. The second kappa shape index (κ2) is 45.4. The summed E-state index contributed by atoms with van der Waals surface area (Å²) in [5.74, 6) is 4.98. The van der Waals surface area contributed by atoms with Crippen LogP contribution in [0.4, 0.5) is 0 Å². The Bertz CT molecular complexity index is 3760. The highest BCUT2D eigenvalue weighted by molar-refractivity contribution is 9.12. The molecule has 116 heavy (non-hydrogen) atoms. The molecule has 0 saturated heterocycles. The molecule has 4 aliphatic heterocycles. The van der Waals surface area contributed by atoms with Gasteiger partial charge in [0, 0.05) is 150 Å². The van der Waals surface area contributed by atoms with Gasteiger partial charge in [-0.25, -0.2) is 0 Å². The van der Waals surface area contributed by atoms with E-state index < -0.39 is 25.2 Å². The zero-order chi connectivity index (χ0) is 80.9. The van der Waals surface area contributed by atoms with Crippen LogP contribution in [-0.4, -0.2) is 0 Å². The number of hydrogen-bond donors (Lipinski definition) is 0. The summed E-state index contributed by atoms with van der Waals surface area (Å²) in [4.78, 5) is 0. The molecule has 0 amide bonds. The fourth-order valence-electron chi connectivity index (χ4n) is 18.3. The van der Waals surface area contributed by atoms with E-state index in [4.69, 9.17) is 37.9 Å². The van der Waals surface area contributed by atoms with Gasteiger partial charge in [0.25, 0.3) is 25.2 Å². The summed E-state index contributed by atoms with van der Waals surface area (Å²) < 4.78 is 69.6. The monoisotopic (exact) mass is 2080 g/mol. The maximum atomic E-state index is 7.80. The summed E-state index contributed by atoms with van der Waals surface area (Å²) in [6.45, 7) is 9.24. The van der Waals surface area contributed by atoms with E-state index in [0.717, 1.165) is 226 Å². The average molecular weight is 2090 g/mol. The Morgan fingerprint density at radius 3 is 0.457 bits per heavy atom. The van der Waals surface area contributed by atoms with Gasteiger partial charge >= 0.3 is 0 Å². The van der Waals surface area contributed by atoms with E-state index in [-0.39, 0.29) is 23.7 Å². The van der Waals surface area contributed by atoms with Crippen molar-refractivity contribution in [2.75, 3.05) is 0 Å². The Morgan fingerprint density at radius 1 is 0.172 bits per heavy atom. The van der Waals surface area contributed by atoms with E-state index >= 15 is 0 Å². The van der Waals surface area contributed by atoms with Crippen molar-refractivity contribution in [2.24, 2.45) is 0 Å². The lowest BCUT2D eigenvalue weighted by Crippen LogP contribution is -2.26. The van der Waals surface area contributed by atoms with Crippen LogP contribution in [0, 0.1) is 0 Å². The van der Waals surface area contributed by atoms with Crippen LogP contribution in [0.15, 0.2) is 157 Å². The van der Waals surface area contributed by atoms with Gasteiger partial charge < -0.3 is 37.9 Å². The first kappa shape index (κ1) is 89.7. The third kappa shape index (κ3) is 24.3. The summed E-state index contributed by atoms with van der Waals surface area (Å²) in [6.07, 6.45) is 43.5. The van der Waals surface area contributed by atoms with Gasteiger partial charge in [-0.1, -0.05) is 386 Å². The Hall–Kier alpha value is -4.00. The summed E-state index contributed by atoms with van der Waals surface area (Å²) in [5, 5.41) is 0. The van der Waals surface area contributed by atoms with E-state index in [1.54, 1.807) is 0 Å². The van der Waals surface area contributed by atoms with Crippen molar-refractivity contribution in [1.82, 2.24) is 0 Å². The van der Waals surface area contributed by atoms with Gasteiger partial charge in [-0.05, 0) is 123 Å². The van der Waals surface area contributed by atoms with Crippen LogP contribution in [-0.2, 0) is 0 Å². The molecule has 8 bridgehead atoms. The molecule has 0 spiro atoms. The highest BCUT2D eigenvalue weighted by Gasteiger charge is 2.42. The molecule has 0 atom stereocenters. The summed E-state index contributed by atoms with van der Waals surface area (Å²) >= 11 is 31.4. The number of ether oxygens (including phenoxy) is 8. The lowest BCUT2D eigenvalue weighted by molar-refractivity contribution is -0.0121. The lowest BCUT2D eigenvalue weighted by atomic mass is 9.76. The van der Waals surface area contributed by atoms with Gasteiger partial charge in [0.1, 0.15) is 46.0 Å². The molecule has 0 radical (unpaired) electrons. The van der Waals surface area contributed by atoms with Crippen molar-refractivity contribution in [3.8, 4) is 46.0 Å². The van der Waals surface area contributed by atoms with E-state index in [1.807, 2.05) is 0 Å². The molecule has 13 rings (SSSR count). The lowest BCUT2D eigenvalue weighted by Gasteiger charge is -2.38. The number of hydrogen-bond acceptors (Lipinski definition) is 8. The molecule has 16 heteroatoms. The van der Waals surface area contributed by atoms with E-state index in [9.17, 15) is 0 Å². The topological polar surface area (TPSA) is 73.8 Å². The van der Waals surface area contributed by atoms with Gasteiger partial charge in [0.2, 0.25) is 0 Å². The molecule has 5 aliphatic rings. The van der Waals surface area contributed by atoms with Crippen LogP contribution in [0.1, 0.15) is 400 Å². The van der Waals surface area contributed by atoms with Crippen molar-refractivity contribution in [1.29, 1.82) is 0 Å². The quantitative estimate of drug-likeness (QED) is 0.0350. The minimum absolute atomic E-state index is 0.194. The molecule has 0 fully saturated rings. The Labute approximate surface area is 761 Å². The van der Waals surface area contributed by atoms with Crippen LogP contribution in [0.5, 0.6) is 46.0 Å². The molecular formula is C100H120Br8O8. The van der Waals surface area contributed by atoms with Crippen LogP contribution in [0.2, 0.25) is 0 Å². The molecule has 624 valence electrons. The van der Waals surface area contributed by atoms with Crippen LogP contribution in [0.25, 0.3) is 0 Å².